The zero-order valence-electron chi connectivity index (χ0n) is 11.2. The smallest absolute Gasteiger partial charge is 0.312 e. The molecular weight excluding hydrogens is 240 g/mol. The number of para-hydroxylation sites is 1. The van der Waals surface area contributed by atoms with Crippen molar-refractivity contribution in [1.29, 1.82) is 0 Å². The van der Waals surface area contributed by atoms with Crippen LogP contribution in [0.4, 0.5) is 4.79 Å². The Morgan fingerprint density at radius 2 is 2.11 bits per heavy atom. The molecule has 2 aromatic rings. The van der Waals surface area contributed by atoms with Crippen LogP contribution in [0.1, 0.15) is 26.2 Å². The van der Waals surface area contributed by atoms with Crippen LogP contribution in [0.25, 0.3) is 10.9 Å². The lowest BCUT2D eigenvalue weighted by atomic mass is 10.2. The second-order valence-corrected chi connectivity index (χ2v) is 4.08. The number of aromatic nitrogens is 2. The fourth-order valence-electron chi connectivity index (χ4n) is 1.51. The molecule has 0 radical (unpaired) electrons. The number of hydrogen-bond acceptors (Lipinski definition) is 3. The molecule has 0 aliphatic heterocycles. The molecule has 5 heteroatoms. The van der Waals surface area contributed by atoms with Gasteiger partial charge in [-0.2, -0.15) is 0 Å². The maximum atomic E-state index is 10.1. The van der Waals surface area contributed by atoms with Gasteiger partial charge in [0.15, 0.2) is 0 Å². The van der Waals surface area contributed by atoms with Crippen molar-refractivity contribution in [1.82, 2.24) is 15.3 Å². The first-order valence-corrected chi connectivity index (χ1v) is 6.42. The van der Waals surface area contributed by atoms with Crippen LogP contribution in [0.2, 0.25) is 0 Å². The summed E-state index contributed by atoms with van der Waals surface area (Å²) in [5.41, 5.74) is 5.82. The van der Waals surface area contributed by atoms with Crippen molar-refractivity contribution in [2.75, 3.05) is 6.54 Å². The minimum atomic E-state index is -0.425. The minimum absolute atomic E-state index is 0.425. The fourth-order valence-corrected chi connectivity index (χ4v) is 1.51. The third-order valence-electron chi connectivity index (χ3n) is 2.49. The van der Waals surface area contributed by atoms with Crippen LogP contribution in [0.3, 0.4) is 0 Å². The van der Waals surface area contributed by atoms with Gasteiger partial charge in [-0.1, -0.05) is 38.0 Å². The fraction of sp³-hybridized carbons (Fsp3) is 0.357. The predicted molar refractivity (Wildman–Crippen MR) is 76.6 cm³/mol. The van der Waals surface area contributed by atoms with E-state index in [1.54, 1.807) is 6.33 Å². The molecular formula is C14H20N4O. The monoisotopic (exact) mass is 260 g/mol. The predicted octanol–water partition coefficient (Wildman–Crippen LogP) is 2.47. The number of unbranched alkanes of at least 4 members (excludes halogenated alkanes) is 2. The van der Waals surface area contributed by atoms with E-state index in [4.69, 9.17) is 5.73 Å². The largest absolute Gasteiger partial charge is 0.352 e. The average molecular weight is 260 g/mol. The minimum Gasteiger partial charge on any atom is -0.352 e. The molecule has 2 amide bonds. The molecule has 0 aliphatic rings. The summed E-state index contributed by atoms with van der Waals surface area (Å²) in [6.45, 7) is 2.83. The Labute approximate surface area is 113 Å². The zero-order valence-corrected chi connectivity index (χ0v) is 11.2. The first kappa shape index (κ1) is 14.9. The van der Waals surface area contributed by atoms with Crippen molar-refractivity contribution < 1.29 is 4.79 Å². The summed E-state index contributed by atoms with van der Waals surface area (Å²) in [5.74, 6) is 0. The SMILES string of the molecule is CCCCCNC(N)=O.c1ccc2ncncc2c1. The van der Waals surface area contributed by atoms with Crippen molar-refractivity contribution in [3.63, 3.8) is 0 Å². The standard InChI is InChI=1S/C8H6N2.C6H14N2O/c1-2-4-8-7(3-1)5-9-6-10-8;1-2-3-4-5-8-6(7)9/h1-6H;2-5H2,1H3,(H3,7,8,9). The molecule has 0 unspecified atom stereocenters. The van der Waals surface area contributed by atoms with Crippen LogP contribution < -0.4 is 11.1 Å². The summed E-state index contributed by atoms with van der Waals surface area (Å²) in [7, 11) is 0. The second-order valence-electron chi connectivity index (χ2n) is 4.08. The van der Waals surface area contributed by atoms with Gasteiger partial charge in [0.25, 0.3) is 0 Å². The van der Waals surface area contributed by atoms with E-state index in [2.05, 4.69) is 22.2 Å². The summed E-state index contributed by atoms with van der Waals surface area (Å²) >= 11 is 0. The van der Waals surface area contributed by atoms with Crippen molar-refractivity contribution in [3.8, 4) is 0 Å². The number of carbonyl (C=O) groups is 1. The number of nitrogens with two attached hydrogens (primary N) is 1. The highest BCUT2D eigenvalue weighted by atomic mass is 16.2. The van der Waals surface area contributed by atoms with E-state index in [1.807, 2.05) is 30.5 Å². The zero-order chi connectivity index (χ0) is 13.9. The van der Waals surface area contributed by atoms with Gasteiger partial charge in [0.2, 0.25) is 0 Å². The lowest BCUT2D eigenvalue weighted by Crippen LogP contribution is -2.29. The number of amides is 2. The van der Waals surface area contributed by atoms with Gasteiger partial charge in [-0.3, -0.25) is 0 Å². The molecule has 0 spiro atoms. The third kappa shape index (κ3) is 6.35. The molecule has 0 saturated carbocycles. The molecule has 3 N–H and O–H groups in total. The van der Waals surface area contributed by atoms with Crippen LogP contribution in [0.5, 0.6) is 0 Å². The Bertz CT molecular complexity index is 436. The van der Waals surface area contributed by atoms with E-state index in [1.165, 1.54) is 6.42 Å². The summed E-state index contributed by atoms with van der Waals surface area (Å²) < 4.78 is 0. The van der Waals surface area contributed by atoms with Crippen LogP contribution in [0, 0.1) is 0 Å². The lowest BCUT2D eigenvalue weighted by Gasteiger charge is -1.97. The number of urea groups is 1. The van der Waals surface area contributed by atoms with Gasteiger partial charge in [-0.15, -0.1) is 0 Å². The highest BCUT2D eigenvalue weighted by Gasteiger charge is 1.88. The highest BCUT2D eigenvalue weighted by Crippen LogP contribution is 2.06. The van der Waals surface area contributed by atoms with Crippen LogP contribution in [0.15, 0.2) is 36.8 Å². The van der Waals surface area contributed by atoms with E-state index in [0.717, 1.165) is 23.7 Å². The number of primary amides is 1. The maximum Gasteiger partial charge on any atom is 0.312 e. The number of nitrogens with zero attached hydrogens (tertiary/aromatic N) is 2. The van der Waals surface area contributed by atoms with Gasteiger partial charge in [0.05, 0.1) is 5.52 Å². The van der Waals surface area contributed by atoms with Crippen molar-refractivity contribution in [2.24, 2.45) is 5.73 Å². The molecule has 0 bridgehead atoms. The Kier molecular flexibility index (Phi) is 6.94. The normalized spacial score (nSPS) is 9.53. The van der Waals surface area contributed by atoms with E-state index < -0.39 is 6.03 Å². The molecule has 0 saturated heterocycles. The molecule has 1 heterocycles. The Morgan fingerprint density at radius 3 is 2.79 bits per heavy atom. The van der Waals surface area contributed by atoms with Crippen molar-refractivity contribution >= 4 is 16.9 Å². The van der Waals surface area contributed by atoms with Gasteiger partial charge in [-0.05, 0) is 12.5 Å². The quantitative estimate of drug-likeness (QED) is 0.829. The molecule has 1 aromatic heterocycles. The number of fused-ring (bicyclic) bond motifs is 1. The summed E-state index contributed by atoms with van der Waals surface area (Å²) in [6, 6.07) is 7.49. The number of hydrogen-bond donors (Lipinski definition) is 2. The van der Waals surface area contributed by atoms with E-state index >= 15 is 0 Å². The molecule has 0 aliphatic carbocycles. The Hall–Kier alpha value is -2.17. The first-order valence-electron chi connectivity index (χ1n) is 6.42. The van der Waals surface area contributed by atoms with Gasteiger partial charge in [0, 0.05) is 18.1 Å². The Balaban J connectivity index is 0.000000192. The molecule has 0 fully saturated rings. The maximum absolute atomic E-state index is 10.1. The molecule has 19 heavy (non-hydrogen) atoms. The second kappa shape index (κ2) is 8.85. The number of benzene rings is 1. The number of carbonyl (C=O) groups excluding carboxylic acids is 1. The highest BCUT2D eigenvalue weighted by molar-refractivity contribution is 5.76. The van der Waals surface area contributed by atoms with Gasteiger partial charge >= 0.3 is 6.03 Å². The topological polar surface area (TPSA) is 80.9 Å². The van der Waals surface area contributed by atoms with Crippen LogP contribution in [-0.4, -0.2) is 22.5 Å². The van der Waals surface area contributed by atoms with Crippen LogP contribution in [-0.2, 0) is 0 Å². The summed E-state index contributed by atoms with van der Waals surface area (Å²) in [6.07, 6.45) is 6.71. The van der Waals surface area contributed by atoms with Gasteiger partial charge < -0.3 is 11.1 Å². The summed E-state index contributed by atoms with van der Waals surface area (Å²) in [5, 5.41) is 3.61. The van der Waals surface area contributed by atoms with E-state index in [-0.39, 0.29) is 0 Å². The third-order valence-corrected chi connectivity index (χ3v) is 2.49. The molecule has 2 rings (SSSR count). The molecule has 0 atom stereocenters. The molecule has 102 valence electrons. The number of rotatable bonds is 4. The molecule has 1 aromatic carbocycles. The van der Waals surface area contributed by atoms with Crippen molar-refractivity contribution in [3.05, 3.63) is 36.8 Å². The molecule has 5 nitrogen and oxygen atoms in total. The van der Waals surface area contributed by atoms with Crippen LogP contribution >= 0.6 is 0 Å². The Morgan fingerprint density at radius 1 is 1.32 bits per heavy atom. The van der Waals surface area contributed by atoms with E-state index in [9.17, 15) is 4.79 Å². The first-order chi connectivity index (χ1) is 9.24. The summed E-state index contributed by atoms with van der Waals surface area (Å²) in [4.78, 5) is 18.0. The van der Waals surface area contributed by atoms with E-state index in [0.29, 0.717) is 6.54 Å². The van der Waals surface area contributed by atoms with Crippen molar-refractivity contribution in [2.45, 2.75) is 26.2 Å². The van der Waals surface area contributed by atoms with Gasteiger partial charge in [0.1, 0.15) is 6.33 Å². The number of nitrogens with one attached hydrogen (secondary N) is 1. The average Bonchev–Trinajstić information content (AvgIpc) is 2.44. The lowest BCUT2D eigenvalue weighted by molar-refractivity contribution is 0.248. The van der Waals surface area contributed by atoms with Gasteiger partial charge in [-0.25, -0.2) is 14.8 Å².